The van der Waals surface area contributed by atoms with Crippen LogP contribution < -0.4 is 9.47 Å². The lowest BCUT2D eigenvalue weighted by atomic mass is 9.97. The maximum atomic E-state index is 5.38. The average Bonchev–Trinajstić information content (AvgIpc) is 3.09. The minimum Gasteiger partial charge on any atom is -0.493 e. The van der Waals surface area contributed by atoms with Crippen molar-refractivity contribution in [3.63, 3.8) is 0 Å². The number of rotatable bonds is 4. The third-order valence-electron chi connectivity index (χ3n) is 3.17. The van der Waals surface area contributed by atoms with Gasteiger partial charge >= 0.3 is 0 Å². The van der Waals surface area contributed by atoms with Gasteiger partial charge in [-0.3, -0.25) is 4.99 Å². The van der Waals surface area contributed by atoms with Gasteiger partial charge in [-0.15, -0.1) is 0 Å². The van der Waals surface area contributed by atoms with Crippen LogP contribution in [-0.2, 0) is 5.41 Å². The molecular formula is C13H16INO2. The van der Waals surface area contributed by atoms with E-state index >= 15 is 0 Å². The quantitative estimate of drug-likeness (QED) is 0.620. The van der Waals surface area contributed by atoms with Crippen LogP contribution in [0, 0.1) is 3.57 Å². The summed E-state index contributed by atoms with van der Waals surface area (Å²) in [6, 6.07) is 4.23. The molecule has 92 valence electrons. The van der Waals surface area contributed by atoms with Crippen molar-refractivity contribution >= 4 is 28.8 Å². The van der Waals surface area contributed by atoms with Crippen LogP contribution in [0.3, 0.4) is 0 Å². The normalized spacial score (nSPS) is 17.2. The number of hydrogen-bond donors (Lipinski definition) is 0. The number of benzene rings is 1. The van der Waals surface area contributed by atoms with Crippen LogP contribution in [0.25, 0.3) is 0 Å². The Balaban J connectivity index is 2.47. The molecule has 0 spiro atoms. The van der Waals surface area contributed by atoms with Crippen molar-refractivity contribution in [2.24, 2.45) is 4.99 Å². The highest BCUT2D eigenvalue weighted by Gasteiger charge is 2.43. The lowest BCUT2D eigenvalue weighted by molar-refractivity contribution is 0.352. The van der Waals surface area contributed by atoms with Gasteiger partial charge < -0.3 is 9.47 Å². The molecule has 1 aromatic carbocycles. The van der Waals surface area contributed by atoms with E-state index in [9.17, 15) is 0 Å². The van der Waals surface area contributed by atoms with Crippen LogP contribution in [-0.4, -0.2) is 27.5 Å². The molecule has 1 aliphatic carbocycles. The first-order chi connectivity index (χ1) is 8.16. The molecule has 1 fully saturated rings. The summed E-state index contributed by atoms with van der Waals surface area (Å²) in [4.78, 5) is 4.17. The van der Waals surface area contributed by atoms with E-state index in [2.05, 4.69) is 39.7 Å². The third-order valence-corrected chi connectivity index (χ3v) is 3.97. The zero-order valence-electron chi connectivity index (χ0n) is 10.3. The SMILES string of the molecule is CN=CC1(c2cc(I)c(OC)c(OC)c2)CC1. The highest BCUT2D eigenvalue weighted by Crippen LogP contribution is 2.49. The molecule has 0 amide bonds. The van der Waals surface area contributed by atoms with Crippen LogP contribution >= 0.6 is 22.6 Å². The lowest BCUT2D eigenvalue weighted by Crippen LogP contribution is -2.09. The third kappa shape index (κ3) is 2.27. The van der Waals surface area contributed by atoms with Crippen LogP contribution in [0.5, 0.6) is 11.5 Å². The van der Waals surface area contributed by atoms with Crippen molar-refractivity contribution in [3.8, 4) is 11.5 Å². The number of nitrogens with zero attached hydrogens (tertiary/aromatic N) is 1. The summed E-state index contributed by atoms with van der Waals surface area (Å²) < 4.78 is 11.8. The Morgan fingerprint density at radius 2 is 2.00 bits per heavy atom. The number of ether oxygens (including phenoxy) is 2. The number of aliphatic imine (C=N–C) groups is 1. The molecule has 0 bridgehead atoms. The van der Waals surface area contributed by atoms with Gasteiger partial charge in [0, 0.05) is 18.7 Å². The Morgan fingerprint density at radius 3 is 2.47 bits per heavy atom. The summed E-state index contributed by atoms with van der Waals surface area (Å²) in [7, 11) is 5.16. The number of methoxy groups -OCH3 is 2. The van der Waals surface area contributed by atoms with Gasteiger partial charge in [0.05, 0.1) is 17.8 Å². The Morgan fingerprint density at radius 1 is 1.29 bits per heavy atom. The van der Waals surface area contributed by atoms with E-state index in [4.69, 9.17) is 9.47 Å². The van der Waals surface area contributed by atoms with Crippen molar-refractivity contribution in [1.29, 1.82) is 0 Å². The summed E-state index contributed by atoms with van der Waals surface area (Å²) in [5.41, 5.74) is 1.40. The molecular weight excluding hydrogens is 329 g/mol. The highest BCUT2D eigenvalue weighted by molar-refractivity contribution is 14.1. The van der Waals surface area contributed by atoms with Crippen LogP contribution in [0.1, 0.15) is 18.4 Å². The summed E-state index contributed by atoms with van der Waals surface area (Å²) in [6.07, 6.45) is 4.37. The Bertz CT molecular complexity index is 453. The van der Waals surface area contributed by atoms with E-state index in [1.54, 1.807) is 14.2 Å². The fourth-order valence-corrected chi connectivity index (χ4v) is 2.90. The maximum absolute atomic E-state index is 5.38. The molecule has 0 aromatic heterocycles. The summed E-state index contributed by atoms with van der Waals surface area (Å²) in [6.45, 7) is 0. The zero-order chi connectivity index (χ0) is 12.5. The molecule has 0 unspecified atom stereocenters. The lowest BCUT2D eigenvalue weighted by Gasteiger charge is -2.15. The maximum Gasteiger partial charge on any atom is 0.174 e. The predicted octanol–water partition coefficient (Wildman–Crippen LogP) is 3.04. The number of hydrogen-bond acceptors (Lipinski definition) is 3. The van der Waals surface area contributed by atoms with Gasteiger partial charge in [-0.05, 0) is 53.1 Å². The Kier molecular flexibility index (Phi) is 3.61. The molecule has 0 aliphatic heterocycles. The van der Waals surface area contributed by atoms with E-state index in [1.165, 1.54) is 5.56 Å². The average molecular weight is 345 g/mol. The second kappa shape index (κ2) is 4.84. The van der Waals surface area contributed by atoms with E-state index in [-0.39, 0.29) is 5.41 Å². The molecule has 2 rings (SSSR count). The Hall–Kier alpha value is -0.780. The van der Waals surface area contributed by atoms with Crippen LogP contribution in [0.15, 0.2) is 17.1 Å². The van der Waals surface area contributed by atoms with Gasteiger partial charge in [-0.1, -0.05) is 0 Å². The van der Waals surface area contributed by atoms with Crippen LogP contribution in [0.4, 0.5) is 0 Å². The van der Waals surface area contributed by atoms with Gasteiger partial charge in [-0.25, -0.2) is 0 Å². The van der Waals surface area contributed by atoms with E-state index in [1.807, 2.05) is 13.3 Å². The topological polar surface area (TPSA) is 30.8 Å². The summed E-state index contributed by atoms with van der Waals surface area (Å²) in [5, 5.41) is 0. The van der Waals surface area contributed by atoms with Gasteiger partial charge in [0.25, 0.3) is 0 Å². The first kappa shape index (κ1) is 12.7. The molecule has 0 saturated heterocycles. The van der Waals surface area contributed by atoms with Gasteiger partial charge in [0.1, 0.15) is 0 Å². The second-order valence-corrected chi connectivity index (χ2v) is 5.40. The molecule has 4 heteroatoms. The fraction of sp³-hybridized carbons (Fsp3) is 0.462. The first-order valence-corrected chi connectivity index (χ1v) is 6.60. The highest BCUT2D eigenvalue weighted by atomic mass is 127. The van der Waals surface area contributed by atoms with Gasteiger partial charge in [0.15, 0.2) is 11.5 Å². The Labute approximate surface area is 115 Å². The first-order valence-electron chi connectivity index (χ1n) is 5.52. The van der Waals surface area contributed by atoms with Gasteiger partial charge in [-0.2, -0.15) is 0 Å². The minimum atomic E-state index is 0.133. The summed E-state index contributed by atoms with van der Waals surface area (Å²) in [5.74, 6) is 1.60. The van der Waals surface area contributed by atoms with Crippen LogP contribution in [0.2, 0.25) is 0 Å². The van der Waals surface area contributed by atoms with E-state index in [0.717, 1.165) is 27.9 Å². The molecule has 1 saturated carbocycles. The minimum absolute atomic E-state index is 0.133. The van der Waals surface area contributed by atoms with E-state index in [0.29, 0.717) is 0 Å². The molecule has 1 aliphatic rings. The van der Waals surface area contributed by atoms with Crippen molar-refractivity contribution in [2.75, 3.05) is 21.3 Å². The fourth-order valence-electron chi connectivity index (χ4n) is 2.08. The molecule has 1 aromatic rings. The van der Waals surface area contributed by atoms with E-state index < -0.39 is 0 Å². The molecule has 0 radical (unpaired) electrons. The molecule has 0 N–H and O–H groups in total. The smallest absolute Gasteiger partial charge is 0.174 e. The standard InChI is InChI=1S/C13H16INO2/c1-15-8-13(4-5-13)9-6-10(14)12(17-3)11(7-9)16-2/h6-8H,4-5H2,1-3H3. The van der Waals surface area contributed by atoms with Crippen molar-refractivity contribution in [3.05, 3.63) is 21.3 Å². The second-order valence-electron chi connectivity index (χ2n) is 4.24. The van der Waals surface area contributed by atoms with Crippen molar-refractivity contribution < 1.29 is 9.47 Å². The molecule has 3 nitrogen and oxygen atoms in total. The molecule has 0 heterocycles. The largest absolute Gasteiger partial charge is 0.493 e. The monoisotopic (exact) mass is 345 g/mol. The summed E-state index contributed by atoms with van der Waals surface area (Å²) >= 11 is 2.28. The molecule has 17 heavy (non-hydrogen) atoms. The van der Waals surface area contributed by atoms with Crippen molar-refractivity contribution in [1.82, 2.24) is 0 Å². The number of halogens is 1. The molecule has 0 atom stereocenters. The van der Waals surface area contributed by atoms with Gasteiger partial charge in [0.2, 0.25) is 0 Å². The zero-order valence-corrected chi connectivity index (χ0v) is 12.4. The predicted molar refractivity (Wildman–Crippen MR) is 77.6 cm³/mol. The van der Waals surface area contributed by atoms with Crippen molar-refractivity contribution in [2.45, 2.75) is 18.3 Å².